The number of hydrogen-bond acceptors (Lipinski definition) is 3. The lowest BCUT2D eigenvalue weighted by molar-refractivity contribution is -0.130. The third kappa shape index (κ3) is 1.91. The smallest absolute Gasteiger partial charge is 0.238 e. The zero-order valence-corrected chi connectivity index (χ0v) is 9.74. The molecule has 4 nitrogen and oxygen atoms in total. The van der Waals surface area contributed by atoms with Crippen LogP contribution in [0.25, 0.3) is 0 Å². The Morgan fingerprint density at radius 1 is 1.36 bits per heavy atom. The molecule has 1 aliphatic heterocycles. The van der Waals surface area contributed by atoms with E-state index in [-0.39, 0.29) is 18.0 Å². The molecule has 0 spiro atoms. The van der Waals surface area contributed by atoms with Gasteiger partial charge in [0.1, 0.15) is 6.04 Å². The number of amides is 1. The molecule has 1 N–H and O–H groups in total. The van der Waals surface area contributed by atoms with E-state index in [1.54, 1.807) is 7.05 Å². The van der Waals surface area contributed by atoms with E-state index >= 15 is 0 Å². The molecule has 4 heteroatoms. The van der Waals surface area contributed by atoms with Gasteiger partial charge in [0.05, 0.1) is 0 Å². The van der Waals surface area contributed by atoms with Crippen LogP contribution in [0.15, 0.2) is 0 Å². The van der Waals surface area contributed by atoms with Gasteiger partial charge in [-0.05, 0) is 27.9 Å². The van der Waals surface area contributed by atoms with Crippen molar-refractivity contribution >= 4 is 5.91 Å². The first-order chi connectivity index (χ1) is 6.49. The number of carbonyl (C=O) groups is 1. The first kappa shape index (κ1) is 11.5. The highest BCUT2D eigenvalue weighted by molar-refractivity contribution is 5.82. The van der Waals surface area contributed by atoms with E-state index < -0.39 is 0 Å². The summed E-state index contributed by atoms with van der Waals surface area (Å²) in [4.78, 5) is 16.1. The van der Waals surface area contributed by atoms with Crippen LogP contribution in [0.3, 0.4) is 0 Å². The summed E-state index contributed by atoms with van der Waals surface area (Å²) in [6.45, 7) is 5.23. The van der Waals surface area contributed by atoms with Crippen molar-refractivity contribution in [3.05, 3.63) is 0 Å². The van der Waals surface area contributed by atoms with E-state index in [4.69, 9.17) is 0 Å². The molecule has 3 unspecified atom stereocenters. The minimum atomic E-state index is -0.0267. The van der Waals surface area contributed by atoms with E-state index in [1.165, 1.54) is 0 Å². The largest absolute Gasteiger partial charge is 0.358 e. The lowest BCUT2D eigenvalue weighted by Crippen LogP contribution is -2.63. The minimum absolute atomic E-state index is 0.0267. The summed E-state index contributed by atoms with van der Waals surface area (Å²) >= 11 is 0. The number of rotatable bonds is 1. The zero-order chi connectivity index (χ0) is 10.9. The highest BCUT2D eigenvalue weighted by atomic mass is 16.2. The number of carbonyl (C=O) groups excluding carboxylic acids is 1. The second kappa shape index (κ2) is 4.28. The van der Waals surface area contributed by atoms with Gasteiger partial charge in [-0.15, -0.1) is 0 Å². The van der Waals surface area contributed by atoms with Crippen LogP contribution in [0.5, 0.6) is 0 Å². The molecule has 1 fully saturated rings. The van der Waals surface area contributed by atoms with Gasteiger partial charge in [0.2, 0.25) is 5.91 Å². The van der Waals surface area contributed by atoms with Crippen LogP contribution in [-0.4, -0.2) is 61.5 Å². The molecule has 0 radical (unpaired) electrons. The van der Waals surface area contributed by atoms with Crippen LogP contribution in [-0.2, 0) is 4.79 Å². The van der Waals surface area contributed by atoms with Gasteiger partial charge in [-0.25, -0.2) is 0 Å². The highest BCUT2D eigenvalue weighted by Gasteiger charge is 2.37. The average Bonchev–Trinajstić information content (AvgIpc) is 2.14. The molecule has 0 bridgehead atoms. The van der Waals surface area contributed by atoms with E-state index in [9.17, 15) is 4.79 Å². The standard InChI is InChI=1S/C10H21N3O/c1-7-6-12(4)9(10(14)11-3)8(2)13(7)5/h7-9H,6H2,1-5H3,(H,11,14)/i3+1,4+1,5+1,6+1,11+1. The summed E-state index contributed by atoms with van der Waals surface area (Å²) in [6, 6.07) is 0.751. The number of likely N-dealkylation sites (N-methyl/N-ethyl adjacent to an activating group) is 3. The maximum absolute atomic E-state index is 11.7. The molecule has 0 saturated carbocycles. The molecular formula is C10H21N3O. The van der Waals surface area contributed by atoms with E-state index in [0.717, 1.165) is 6.54 Å². The van der Waals surface area contributed by atoms with E-state index in [0.29, 0.717) is 6.04 Å². The molecule has 1 saturated heterocycles. The average molecular weight is 204 g/mol. The summed E-state index contributed by atoms with van der Waals surface area (Å²) < 4.78 is 0. The summed E-state index contributed by atoms with van der Waals surface area (Å²) in [7, 11) is 5.79. The fourth-order valence-corrected chi connectivity index (χ4v) is 2.22. The molecule has 0 aliphatic carbocycles. The number of nitrogens with zero attached hydrogens (tertiary/aromatic N) is 2. The molecule has 1 rings (SSSR count). The van der Waals surface area contributed by atoms with Crippen LogP contribution < -0.4 is 5.32 Å². The highest BCUT2D eigenvalue weighted by Crippen LogP contribution is 2.18. The molecule has 1 heterocycles. The normalized spacial score (nSPS) is 35.6. The molecule has 0 aromatic carbocycles. The second-order valence-electron chi connectivity index (χ2n) is 4.25. The first-order valence-electron chi connectivity index (χ1n) is 5.12. The Morgan fingerprint density at radius 3 is 2.43 bits per heavy atom. The molecule has 0 aromatic rings. The monoisotopic (exact) mass is 204 g/mol. The fraction of sp³-hybridized carbons (Fsp3) is 0.900. The Morgan fingerprint density at radius 2 is 1.93 bits per heavy atom. The van der Waals surface area contributed by atoms with E-state index in [1.807, 2.05) is 7.05 Å². The lowest BCUT2D eigenvalue weighted by atomic mass is 10.1. The van der Waals surface area contributed by atoms with Crippen molar-refractivity contribution in [1.29, 1.82) is 0 Å². The van der Waals surface area contributed by atoms with Gasteiger partial charge in [0.15, 0.2) is 0 Å². The third-order valence-corrected chi connectivity index (χ3v) is 3.34. The maximum Gasteiger partial charge on any atom is 0.238 e. The van der Waals surface area contributed by atoms with Crippen molar-refractivity contribution in [1.82, 2.24) is 15.1 Å². The SMILES string of the molecule is CC1[13CH2]N([13CH3])C(C(=O)[15NH][13CH3])C(C)N1[13CH3]. The molecular weight excluding hydrogens is 183 g/mol. The number of piperazine rings is 1. The van der Waals surface area contributed by atoms with Gasteiger partial charge >= 0.3 is 0 Å². The quantitative estimate of drug-likeness (QED) is 0.473. The predicted molar refractivity (Wildman–Crippen MR) is 57.2 cm³/mol. The fourth-order valence-electron chi connectivity index (χ4n) is 2.22. The number of nitrogens with one attached hydrogen (secondary N) is 1. The van der Waals surface area contributed by atoms with Gasteiger partial charge in [-0.2, -0.15) is 0 Å². The Kier molecular flexibility index (Phi) is 3.50. The minimum Gasteiger partial charge on any atom is -0.358 e. The summed E-state index contributed by atoms with van der Waals surface area (Å²) in [5.74, 6) is 0.110. The molecule has 1 amide bonds. The summed E-state index contributed by atoms with van der Waals surface area (Å²) in [5, 5.41) is 2.72. The molecule has 82 valence electrons. The van der Waals surface area contributed by atoms with Crippen LogP contribution >= 0.6 is 0 Å². The number of hydrogen-bond donors (Lipinski definition) is 1. The van der Waals surface area contributed by atoms with Gasteiger partial charge in [0, 0.05) is 25.7 Å². The maximum atomic E-state index is 11.7. The molecule has 3 atom stereocenters. The first-order valence-corrected chi connectivity index (χ1v) is 5.12. The van der Waals surface area contributed by atoms with Crippen molar-refractivity contribution in [3.8, 4) is 0 Å². The van der Waals surface area contributed by atoms with Crippen LogP contribution in [0, 0.1) is 0 Å². The Bertz CT molecular complexity index is 219. The van der Waals surface area contributed by atoms with E-state index in [2.05, 4.69) is 36.0 Å². The predicted octanol–water partition coefficient (Wildman–Crippen LogP) is -0.245. The molecule has 1 aliphatic rings. The van der Waals surface area contributed by atoms with Crippen molar-refractivity contribution in [3.63, 3.8) is 0 Å². The lowest BCUT2D eigenvalue weighted by Gasteiger charge is -2.46. The summed E-state index contributed by atoms with van der Waals surface area (Å²) in [5.41, 5.74) is 0. The van der Waals surface area contributed by atoms with Crippen molar-refractivity contribution < 1.29 is 4.79 Å². The van der Waals surface area contributed by atoms with Crippen molar-refractivity contribution in [2.75, 3.05) is 27.7 Å². The Labute approximate surface area is 86.2 Å². The van der Waals surface area contributed by atoms with Gasteiger partial charge in [-0.3, -0.25) is 14.6 Å². The summed E-state index contributed by atoms with van der Waals surface area (Å²) in [6.07, 6.45) is 0. The van der Waals surface area contributed by atoms with Crippen LogP contribution in [0.1, 0.15) is 13.8 Å². The Balaban J connectivity index is 2.78. The van der Waals surface area contributed by atoms with Gasteiger partial charge in [0.25, 0.3) is 0 Å². The van der Waals surface area contributed by atoms with Crippen LogP contribution in [0.2, 0.25) is 0 Å². The molecule has 14 heavy (non-hydrogen) atoms. The topological polar surface area (TPSA) is 35.6 Å². The van der Waals surface area contributed by atoms with Crippen LogP contribution in [0.4, 0.5) is 0 Å². The van der Waals surface area contributed by atoms with Gasteiger partial charge in [-0.1, -0.05) is 0 Å². The zero-order valence-electron chi connectivity index (χ0n) is 9.74. The second-order valence-corrected chi connectivity index (χ2v) is 4.25. The molecule has 0 aromatic heterocycles. The third-order valence-electron chi connectivity index (χ3n) is 3.34. The van der Waals surface area contributed by atoms with Crippen molar-refractivity contribution in [2.24, 2.45) is 0 Å². The Hall–Kier alpha value is -0.610. The van der Waals surface area contributed by atoms with Gasteiger partial charge < -0.3 is 5.32 Å². The van der Waals surface area contributed by atoms with Crippen molar-refractivity contribution in [2.45, 2.75) is 32.0 Å².